The van der Waals surface area contributed by atoms with Crippen LogP contribution in [0.5, 0.6) is 11.5 Å². The maximum absolute atomic E-state index is 12.8. The lowest BCUT2D eigenvalue weighted by atomic mass is 9.97. The molecule has 252 valence electrons. The zero-order valence-electron chi connectivity index (χ0n) is 28.0. The van der Waals surface area contributed by atoms with Crippen molar-refractivity contribution in [2.75, 3.05) is 39.2 Å². The Bertz CT molecular complexity index is 1810. The molecule has 2 aliphatic rings. The number of hydrogen-bond acceptors (Lipinski definition) is 8. The fraction of sp³-hybridized carbons (Fsp3) is 0.378. The number of benzene rings is 2. The van der Waals surface area contributed by atoms with Gasteiger partial charge in [-0.15, -0.1) is 0 Å². The largest absolute Gasteiger partial charge is 0.501 e. The van der Waals surface area contributed by atoms with Crippen LogP contribution in [0.4, 0.5) is 10.6 Å². The van der Waals surface area contributed by atoms with E-state index in [9.17, 15) is 4.79 Å². The number of piperidine rings is 1. The Morgan fingerprint density at radius 3 is 2.38 bits per heavy atom. The van der Waals surface area contributed by atoms with E-state index in [4.69, 9.17) is 29.0 Å². The van der Waals surface area contributed by atoms with Crippen LogP contribution >= 0.6 is 22.6 Å². The molecular weight excluding hydrogens is 721 g/mol. The van der Waals surface area contributed by atoms with Crippen molar-refractivity contribution in [1.29, 1.82) is 0 Å². The highest BCUT2D eigenvalue weighted by molar-refractivity contribution is 14.1. The minimum absolute atomic E-state index is 0.100. The molecule has 1 aliphatic carbocycles. The number of pyridine rings is 1. The molecular formula is C37H42IN5O5. The Balaban J connectivity index is 1.33. The number of carbonyl (C=O) groups is 1. The highest BCUT2D eigenvalue weighted by Gasteiger charge is 2.31. The first-order valence-electron chi connectivity index (χ1n) is 16.2. The SMILES string of the molecule is COC1=CCC(CNc2ncc(I)c3c2c(-c2ccc(Oc4ccccc4)cc2)nn3C2CCN(C(=O)OC(C)(C)C)CC2)C(OC)=C1. The van der Waals surface area contributed by atoms with Gasteiger partial charge in [0.05, 0.1) is 34.7 Å². The predicted molar refractivity (Wildman–Crippen MR) is 195 cm³/mol. The zero-order valence-corrected chi connectivity index (χ0v) is 30.2. The van der Waals surface area contributed by atoms with Crippen molar-refractivity contribution in [2.24, 2.45) is 5.92 Å². The highest BCUT2D eigenvalue weighted by Crippen LogP contribution is 2.39. The second-order valence-electron chi connectivity index (χ2n) is 13.0. The van der Waals surface area contributed by atoms with E-state index in [0.717, 1.165) is 73.8 Å². The molecule has 0 saturated carbocycles. The van der Waals surface area contributed by atoms with E-state index in [0.29, 0.717) is 19.6 Å². The van der Waals surface area contributed by atoms with Gasteiger partial charge in [-0.2, -0.15) is 5.10 Å². The van der Waals surface area contributed by atoms with Crippen molar-refractivity contribution in [1.82, 2.24) is 19.7 Å². The van der Waals surface area contributed by atoms with Gasteiger partial charge in [-0.25, -0.2) is 9.78 Å². The fourth-order valence-electron chi connectivity index (χ4n) is 6.12. The molecule has 1 unspecified atom stereocenters. The summed E-state index contributed by atoms with van der Waals surface area (Å²) in [5, 5.41) is 9.89. The lowest BCUT2D eigenvalue weighted by Crippen LogP contribution is -2.42. The summed E-state index contributed by atoms with van der Waals surface area (Å²) in [7, 11) is 3.36. The summed E-state index contributed by atoms with van der Waals surface area (Å²) in [5.74, 6) is 4.08. The zero-order chi connectivity index (χ0) is 33.8. The van der Waals surface area contributed by atoms with Gasteiger partial charge in [0.2, 0.25) is 0 Å². The smallest absolute Gasteiger partial charge is 0.410 e. The van der Waals surface area contributed by atoms with E-state index in [1.54, 1.807) is 19.1 Å². The van der Waals surface area contributed by atoms with E-state index in [1.807, 2.05) is 87.6 Å². The number of ether oxygens (including phenoxy) is 4. The summed E-state index contributed by atoms with van der Waals surface area (Å²) in [6, 6.07) is 17.9. The number of para-hydroxylation sites is 1. The van der Waals surface area contributed by atoms with E-state index in [-0.39, 0.29) is 18.1 Å². The standard InChI is InChI=1S/C37H42IN5O5/c1-37(2,3)48-36(44)42-19-17-26(18-20-42)43-34-30(38)23-40-35(39-22-25-13-16-29(45-4)21-31(25)46-5)32(34)33(41-43)24-11-14-28(15-12-24)47-27-9-7-6-8-10-27/h6-12,14-16,21,23,25-26H,13,17-20,22H2,1-5H3,(H,39,40). The summed E-state index contributed by atoms with van der Waals surface area (Å²) in [6.07, 6.45) is 7.97. The van der Waals surface area contributed by atoms with Crippen molar-refractivity contribution < 1.29 is 23.7 Å². The Morgan fingerprint density at radius 1 is 1.00 bits per heavy atom. The molecule has 1 N–H and O–H groups in total. The van der Waals surface area contributed by atoms with Gasteiger partial charge in [-0.3, -0.25) is 4.68 Å². The Hall–Kier alpha value is -4.26. The quantitative estimate of drug-likeness (QED) is 0.170. The topological polar surface area (TPSA) is 100.0 Å². The number of anilines is 1. The Labute approximate surface area is 295 Å². The van der Waals surface area contributed by atoms with Gasteiger partial charge in [0.1, 0.15) is 40.1 Å². The normalized spacial score (nSPS) is 17.0. The van der Waals surface area contributed by atoms with Crippen LogP contribution in [0.25, 0.3) is 22.2 Å². The van der Waals surface area contributed by atoms with Crippen LogP contribution in [0.2, 0.25) is 0 Å². The highest BCUT2D eigenvalue weighted by atomic mass is 127. The summed E-state index contributed by atoms with van der Waals surface area (Å²) < 4.78 is 26.0. The number of allylic oxidation sites excluding steroid dienone is 2. The minimum Gasteiger partial charge on any atom is -0.501 e. The molecule has 1 atom stereocenters. The molecule has 0 spiro atoms. The molecule has 1 amide bonds. The van der Waals surface area contributed by atoms with Crippen molar-refractivity contribution in [3.05, 3.63) is 88.0 Å². The molecule has 10 nitrogen and oxygen atoms in total. The molecule has 11 heteroatoms. The van der Waals surface area contributed by atoms with Gasteiger partial charge in [0.15, 0.2) is 0 Å². The van der Waals surface area contributed by atoms with Gasteiger partial charge in [-0.1, -0.05) is 18.2 Å². The first kappa shape index (κ1) is 33.6. The van der Waals surface area contributed by atoms with E-state index >= 15 is 0 Å². The van der Waals surface area contributed by atoms with Crippen molar-refractivity contribution in [2.45, 2.75) is 51.7 Å². The number of amides is 1. The van der Waals surface area contributed by atoms with Crippen molar-refractivity contribution >= 4 is 45.4 Å². The Kier molecular flexibility index (Phi) is 10.1. The molecule has 0 bridgehead atoms. The number of nitrogens with one attached hydrogen (secondary N) is 1. The first-order chi connectivity index (χ1) is 23.1. The molecule has 48 heavy (non-hydrogen) atoms. The van der Waals surface area contributed by atoms with E-state index in [1.165, 1.54) is 0 Å². The van der Waals surface area contributed by atoms with Gasteiger partial charge in [0, 0.05) is 43.4 Å². The summed E-state index contributed by atoms with van der Waals surface area (Å²) in [4.78, 5) is 19.5. The van der Waals surface area contributed by atoms with Crippen LogP contribution in [-0.4, -0.2) is 65.2 Å². The van der Waals surface area contributed by atoms with Crippen LogP contribution in [0, 0.1) is 9.49 Å². The monoisotopic (exact) mass is 763 g/mol. The Morgan fingerprint density at radius 2 is 1.71 bits per heavy atom. The molecule has 6 rings (SSSR count). The number of hydrogen-bond donors (Lipinski definition) is 1. The third kappa shape index (κ3) is 7.56. The summed E-state index contributed by atoms with van der Waals surface area (Å²) >= 11 is 2.36. The lowest BCUT2D eigenvalue weighted by Gasteiger charge is -2.33. The fourth-order valence-corrected chi connectivity index (χ4v) is 6.78. The number of carbonyl (C=O) groups excluding carboxylic acids is 1. The summed E-state index contributed by atoms with van der Waals surface area (Å²) in [5.41, 5.74) is 2.29. The second-order valence-corrected chi connectivity index (χ2v) is 14.1. The van der Waals surface area contributed by atoms with Crippen LogP contribution < -0.4 is 10.1 Å². The van der Waals surface area contributed by atoms with E-state index < -0.39 is 5.60 Å². The number of nitrogens with zero attached hydrogens (tertiary/aromatic N) is 4. The van der Waals surface area contributed by atoms with Gasteiger partial charge < -0.3 is 29.2 Å². The average molecular weight is 764 g/mol. The third-order valence-electron chi connectivity index (χ3n) is 8.53. The molecule has 3 heterocycles. The number of methoxy groups -OCH3 is 2. The minimum atomic E-state index is -0.533. The van der Waals surface area contributed by atoms with Crippen LogP contribution in [0.1, 0.15) is 46.1 Å². The lowest BCUT2D eigenvalue weighted by molar-refractivity contribution is 0.0186. The molecule has 0 radical (unpaired) electrons. The van der Waals surface area contributed by atoms with Gasteiger partial charge in [0.25, 0.3) is 0 Å². The van der Waals surface area contributed by atoms with Crippen LogP contribution in [0.15, 0.2) is 84.5 Å². The number of fused-ring (bicyclic) bond motifs is 1. The number of likely N-dealkylation sites (tertiary alicyclic amines) is 1. The molecule has 1 saturated heterocycles. The predicted octanol–water partition coefficient (Wildman–Crippen LogP) is 8.56. The maximum Gasteiger partial charge on any atom is 0.410 e. The molecule has 1 aliphatic heterocycles. The average Bonchev–Trinajstić information content (AvgIpc) is 3.50. The van der Waals surface area contributed by atoms with Crippen LogP contribution in [0.3, 0.4) is 0 Å². The molecule has 4 aromatic rings. The van der Waals surface area contributed by atoms with Crippen LogP contribution in [-0.2, 0) is 14.2 Å². The second kappa shape index (κ2) is 14.5. The molecule has 2 aromatic carbocycles. The third-order valence-corrected chi connectivity index (χ3v) is 9.32. The van der Waals surface area contributed by atoms with Crippen molar-refractivity contribution in [3.8, 4) is 22.8 Å². The number of rotatable bonds is 9. The van der Waals surface area contributed by atoms with Gasteiger partial charge in [-0.05, 0) is 105 Å². The van der Waals surface area contributed by atoms with Gasteiger partial charge >= 0.3 is 6.09 Å². The van der Waals surface area contributed by atoms with Crippen molar-refractivity contribution in [3.63, 3.8) is 0 Å². The maximum atomic E-state index is 12.8. The van der Waals surface area contributed by atoms with E-state index in [2.05, 4.69) is 38.7 Å². The summed E-state index contributed by atoms with van der Waals surface area (Å²) in [6.45, 7) is 7.50. The number of halogens is 1. The molecule has 1 fully saturated rings. The first-order valence-corrected chi connectivity index (χ1v) is 17.3. The molecule has 2 aromatic heterocycles. The number of aromatic nitrogens is 3.